The van der Waals surface area contributed by atoms with Gasteiger partial charge in [0, 0.05) is 39.0 Å². The van der Waals surface area contributed by atoms with Gasteiger partial charge in [0.25, 0.3) is 0 Å². The van der Waals surface area contributed by atoms with Crippen molar-refractivity contribution in [1.82, 2.24) is 24.6 Å². The summed E-state index contributed by atoms with van der Waals surface area (Å²) in [6.07, 6.45) is 4.95. The lowest BCUT2D eigenvalue weighted by molar-refractivity contribution is -0.132. The lowest BCUT2D eigenvalue weighted by Gasteiger charge is -2.25. The van der Waals surface area contributed by atoms with Crippen LogP contribution in [0.4, 0.5) is 4.39 Å². The number of carbonyl (C=O) groups excluding carboxylic acids is 1. The quantitative estimate of drug-likeness (QED) is 0.794. The van der Waals surface area contributed by atoms with Gasteiger partial charge in [-0.15, -0.1) is 10.2 Å². The fraction of sp³-hybridized carbons (Fsp3) is 0.571. The van der Waals surface area contributed by atoms with Crippen molar-refractivity contribution in [2.75, 3.05) is 26.7 Å². The van der Waals surface area contributed by atoms with E-state index in [4.69, 9.17) is 0 Å². The third kappa shape index (κ3) is 4.09. The summed E-state index contributed by atoms with van der Waals surface area (Å²) in [5.41, 5.74) is 1.07. The van der Waals surface area contributed by atoms with E-state index in [9.17, 15) is 9.18 Å². The number of benzene rings is 1. The van der Waals surface area contributed by atoms with Crippen molar-refractivity contribution in [2.45, 2.75) is 51.1 Å². The van der Waals surface area contributed by atoms with E-state index in [1.165, 1.54) is 12.1 Å². The minimum absolute atomic E-state index is 0.0444. The molecule has 150 valence electrons. The molecule has 0 bridgehead atoms. The van der Waals surface area contributed by atoms with Gasteiger partial charge in [-0.05, 0) is 50.4 Å². The first kappa shape index (κ1) is 19.1. The number of aromatic nitrogens is 3. The lowest BCUT2D eigenvalue weighted by atomic mass is 10.1. The van der Waals surface area contributed by atoms with Crippen LogP contribution in [0.15, 0.2) is 24.3 Å². The van der Waals surface area contributed by atoms with Crippen LogP contribution in [0.3, 0.4) is 0 Å². The summed E-state index contributed by atoms with van der Waals surface area (Å²) in [7, 11) is 2.13. The SMILES string of the molecule is CN1CCc2nnc([C@@H]3CCCN3C(=O)CCCc3ccc(F)cc3)n2CC1. The molecular formula is C21H28FN5O. The number of hydrogen-bond acceptors (Lipinski definition) is 4. The number of nitrogens with zero attached hydrogens (tertiary/aromatic N) is 5. The van der Waals surface area contributed by atoms with Crippen LogP contribution in [0.5, 0.6) is 0 Å². The molecule has 4 rings (SSSR count). The van der Waals surface area contributed by atoms with Gasteiger partial charge in [0.05, 0.1) is 6.04 Å². The molecule has 0 aliphatic carbocycles. The number of aryl methyl sites for hydroxylation is 1. The number of hydrogen-bond donors (Lipinski definition) is 0. The van der Waals surface area contributed by atoms with Crippen LogP contribution in [-0.2, 0) is 24.2 Å². The van der Waals surface area contributed by atoms with Gasteiger partial charge in [-0.1, -0.05) is 12.1 Å². The van der Waals surface area contributed by atoms with Crippen LogP contribution in [-0.4, -0.2) is 57.2 Å². The monoisotopic (exact) mass is 385 g/mol. The van der Waals surface area contributed by atoms with Crippen molar-refractivity contribution in [3.8, 4) is 0 Å². The van der Waals surface area contributed by atoms with Crippen LogP contribution in [0.25, 0.3) is 0 Å². The van der Waals surface area contributed by atoms with Crippen molar-refractivity contribution in [3.63, 3.8) is 0 Å². The predicted molar refractivity (Wildman–Crippen MR) is 104 cm³/mol. The van der Waals surface area contributed by atoms with Gasteiger partial charge in [-0.2, -0.15) is 0 Å². The maximum Gasteiger partial charge on any atom is 0.223 e. The van der Waals surface area contributed by atoms with Gasteiger partial charge in [0.15, 0.2) is 5.82 Å². The molecule has 28 heavy (non-hydrogen) atoms. The van der Waals surface area contributed by atoms with E-state index in [0.29, 0.717) is 6.42 Å². The third-order valence-electron chi connectivity index (χ3n) is 5.92. The molecule has 6 nitrogen and oxygen atoms in total. The Morgan fingerprint density at radius 2 is 1.96 bits per heavy atom. The lowest BCUT2D eigenvalue weighted by Crippen LogP contribution is -2.32. The number of halogens is 1. The van der Waals surface area contributed by atoms with E-state index in [-0.39, 0.29) is 17.8 Å². The Bertz CT molecular complexity index is 819. The van der Waals surface area contributed by atoms with Gasteiger partial charge in [-0.25, -0.2) is 4.39 Å². The fourth-order valence-electron chi connectivity index (χ4n) is 4.27. The average Bonchev–Trinajstić information content (AvgIpc) is 3.28. The zero-order valence-electron chi connectivity index (χ0n) is 16.5. The highest BCUT2D eigenvalue weighted by atomic mass is 19.1. The van der Waals surface area contributed by atoms with Gasteiger partial charge in [-0.3, -0.25) is 4.79 Å². The maximum absolute atomic E-state index is 13.0. The van der Waals surface area contributed by atoms with Gasteiger partial charge < -0.3 is 14.4 Å². The molecule has 1 fully saturated rings. The van der Waals surface area contributed by atoms with E-state index in [1.807, 2.05) is 4.90 Å². The Balaban J connectivity index is 1.39. The van der Waals surface area contributed by atoms with E-state index >= 15 is 0 Å². The highest BCUT2D eigenvalue weighted by Crippen LogP contribution is 2.32. The molecule has 0 unspecified atom stereocenters. The zero-order valence-corrected chi connectivity index (χ0v) is 16.5. The fourth-order valence-corrected chi connectivity index (χ4v) is 4.27. The molecule has 1 aromatic carbocycles. The Morgan fingerprint density at radius 1 is 1.14 bits per heavy atom. The van der Waals surface area contributed by atoms with Crippen LogP contribution >= 0.6 is 0 Å². The summed E-state index contributed by atoms with van der Waals surface area (Å²) in [5, 5.41) is 8.90. The molecule has 0 spiro atoms. The van der Waals surface area contributed by atoms with Crippen molar-refractivity contribution in [3.05, 3.63) is 47.3 Å². The maximum atomic E-state index is 13.0. The Kier molecular flexibility index (Phi) is 5.71. The van der Waals surface area contributed by atoms with Gasteiger partial charge in [0.1, 0.15) is 11.6 Å². The Morgan fingerprint density at radius 3 is 2.79 bits per heavy atom. The molecule has 2 aliphatic heterocycles. The standard InChI is InChI=1S/C21H28FN5O/c1-25-13-11-19-23-24-21(27(19)15-14-25)18-5-3-12-26(18)20(28)6-2-4-16-7-9-17(22)10-8-16/h7-10,18H,2-6,11-15H2,1H3/t18-/m0/s1. The number of amides is 1. The van der Waals surface area contributed by atoms with Gasteiger partial charge >= 0.3 is 0 Å². The summed E-state index contributed by atoms with van der Waals surface area (Å²) in [4.78, 5) is 17.2. The molecule has 1 aromatic heterocycles. The molecule has 3 heterocycles. The van der Waals surface area contributed by atoms with Crippen LogP contribution in [0.1, 0.15) is 48.9 Å². The molecule has 7 heteroatoms. The minimum atomic E-state index is -0.224. The summed E-state index contributed by atoms with van der Waals surface area (Å²) in [5.74, 6) is 1.95. The number of rotatable bonds is 5. The van der Waals surface area contributed by atoms with E-state index < -0.39 is 0 Å². The van der Waals surface area contributed by atoms with Crippen molar-refractivity contribution in [1.29, 1.82) is 0 Å². The third-order valence-corrected chi connectivity index (χ3v) is 5.92. The predicted octanol–water partition coefficient (Wildman–Crippen LogP) is 2.59. The molecule has 0 saturated carbocycles. The van der Waals surface area contributed by atoms with Crippen LogP contribution < -0.4 is 0 Å². The normalized spacial score (nSPS) is 20.2. The molecule has 0 radical (unpaired) electrons. The van der Waals surface area contributed by atoms with E-state index in [1.54, 1.807) is 12.1 Å². The molecule has 1 saturated heterocycles. The number of likely N-dealkylation sites (tertiary alicyclic amines) is 1. The first-order chi connectivity index (χ1) is 13.6. The second kappa shape index (κ2) is 8.39. The summed E-state index contributed by atoms with van der Waals surface area (Å²) >= 11 is 0. The molecule has 2 aliphatic rings. The first-order valence-electron chi connectivity index (χ1n) is 10.3. The average molecular weight is 385 g/mol. The van der Waals surface area contributed by atoms with E-state index in [2.05, 4.69) is 26.7 Å². The Hall–Kier alpha value is -2.28. The second-order valence-corrected chi connectivity index (χ2v) is 7.90. The highest BCUT2D eigenvalue weighted by molar-refractivity contribution is 5.76. The van der Waals surface area contributed by atoms with E-state index in [0.717, 1.165) is 75.5 Å². The minimum Gasteiger partial charge on any atom is -0.332 e. The summed E-state index contributed by atoms with van der Waals surface area (Å²) in [6, 6.07) is 6.58. The Labute approximate surface area is 165 Å². The molecular weight excluding hydrogens is 357 g/mol. The van der Waals surface area contributed by atoms with Crippen LogP contribution in [0.2, 0.25) is 0 Å². The molecule has 2 aromatic rings. The highest BCUT2D eigenvalue weighted by Gasteiger charge is 2.34. The number of carbonyl (C=O) groups is 1. The molecule has 0 N–H and O–H groups in total. The molecule has 1 amide bonds. The summed E-state index contributed by atoms with van der Waals surface area (Å²) < 4.78 is 15.2. The first-order valence-corrected chi connectivity index (χ1v) is 10.3. The smallest absolute Gasteiger partial charge is 0.223 e. The second-order valence-electron chi connectivity index (χ2n) is 7.90. The van der Waals surface area contributed by atoms with Gasteiger partial charge in [0.2, 0.25) is 5.91 Å². The number of likely N-dealkylation sites (N-methyl/N-ethyl adjacent to an activating group) is 1. The van der Waals surface area contributed by atoms with Crippen LogP contribution in [0, 0.1) is 5.82 Å². The summed E-state index contributed by atoms with van der Waals surface area (Å²) in [6.45, 7) is 3.66. The number of fused-ring (bicyclic) bond motifs is 1. The largest absolute Gasteiger partial charge is 0.332 e. The molecule has 1 atom stereocenters. The van der Waals surface area contributed by atoms with Crippen molar-refractivity contribution < 1.29 is 9.18 Å². The van der Waals surface area contributed by atoms with Crippen molar-refractivity contribution in [2.24, 2.45) is 0 Å². The van der Waals surface area contributed by atoms with Crippen molar-refractivity contribution >= 4 is 5.91 Å². The zero-order chi connectivity index (χ0) is 19.5. The topological polar surface area (TPSA) is 54.3 Å².